The van der Waals surface area contributed by atoms with Gasteiger partial charge in [-0.15, -0.1) is 0 Å². The van der Waals surface area contributed by atoms with Crippen molar-refractivity contribution in [1.29, 1.82) is 0 Å². The van der Waals surface area contributed by atoms with Crippen molar-refractivity contribution in [2.24, 2.45) is 5.92 Å². The maximum absolute atomic E-state index is 11.7. The van der Waals surface area contributed by atoms with Crippen molar-refractivity contribution in [3.05, 3.63) is 35.4 Å². The number of nitrogens with one attached hydrogen (secondary N) is 1. The number of carbonyl (C=O) groups is 2. The largest absolute Gasteiger partial charge is 0.478 e. The third-order valence-electron chi connectivity index (χ3n) is 3.16. The van der Waals surface area contributed by atoms with Crippen LogP contribution in [0, 0.1) is 5.92 Å². The summed E-state index contributed by atoms with van der Waals surface area (Å²) in [5.74, 6) is -0.669. The molecule has 1 atom stereocenters. The lowest BCUT2D eigenvalue weighted by Crippen LogP contribution is -2.25. The first kappa shape index (κ1) is 13.5. The zero-order valence-electron chi connectivity index (χ0n) is 10.6. The van der Waals surface area contributed by atoms with Crippen LogP contribution in [0.2, 0.25) is 0 Å². The van der Waals surface area contributed by atoms with Gasteiger partial charge < -0.3 is 15.2 Å². The molecule has 0 saturated carbocycles. The molecule has 5 nitrogen and oxygen atoms in total. The van der Waals surface area contributed by atoms with Crippen LogP contribution in [-0.4, -0.2) is 30.2 Å². The molecule has 1 heterocycles. The van der Waals surface area contributed by atoms with Crippen LogP contribution in [-0.2, 0) is 16.1 Å². The van der Waals surface area contributed by atoms with E-state index in [2.05, 4.69) is 5.32 Å². The lowest BCUT2D eigenvalue weighted by molar-refractivity contribution is -0.122. The topological polar surface area (TPSA) is 75.6 Å². The maximum atomic E-state index is 11.7. The summed E-state index contributed by atoms with van der Waals surface area (Å²) in [6.45, 7) is 1.74. The van der Waals surface area contributed by atoms with Gasteiger partial charge in [-0.2, -0.15) is 0 Å². The zero-order valence-corrected chi connectivity index (χ0v) is 10.6. The Bertz CT molecular complexity index is 466. The standard InChI is InChI=1S/C14H17NO4/c16-13(7-11-4-5-19-9-11)15-8-10-2-1-3-12(6-10)14(17)18/h1-3,6,11H,4-5,7-9H2,(H,15,16)(H,17,18)/t11-/m1/s1. The number of carbonyl (C=O) groups excluding carboxylic acids is 1. The Morgan fingerprint density at radius 2 is 2.26 bits per heavy atom. The molecule has 1 aliphatic rings. The highest BCUT2D eigenvalue weighted by Gasteiger charge is 2.18. The van der Waals surface area contributed by atoms with Crippen molar-refractivity contribution in [2.75, 3.05) is 13.2 Å². The SMILES string of the molecule is O=C(C[C@H]1CCOC1)NCc1cccc(C(=O)O)c1. The number of benzene rings is 1. The summed E-state index contributed by atoms with van der Waals surface area (Å²) in [6.07, 6.45) is 1.40. The molecular weight excluding hydrogens is 246 g/mol. The minimum Gasteiger partial charge on any atom is -0.478 e. The molecule has 1 saturated heterocycles. The van der Waals surface area contributed by atoms with Crippen LogP contribution in [0.15, 0.2) is 24.3 Å². The van der Waals surface area contributed by atoms with Gasteiger partial charge in [-0.1, -0.05) is 12.1 Å². The molecule has 5 heteroatoms. The van der Waals surface area contributed by atoms with Gasteiger partial charge in [0.05, 0.1) is 5.56 Å². The Morgan fingerprint density at radius 3 is 2.95 bits per heavy atom. The van der Waals surface area contributed by atoms with Gasteiger partial charge >= 0.3 is 5.97 Å². The Labute approximate surface area is 111 Å². The number of carboxylic acid groups (broad SMARTS) is 1. The minimum atomic E-state index is -0.962. The van der Waals surface area contributed by atoms with Crippen LogP contribution in [0.25, 0.3) is 0 Å². The van der Waals surface area contributed by atoms with E-state index in [1.807, 2.05) is 0 Å². The number of aromatic carboxylic acids is 1. The maximum Gasteiger partial charge on any atom is 0.335 e. The van der Waals surface area contributed by atoms with Gasteiger partial charge in [0.25, 0.3) is 0 Å². The van der Waals surface area contributed by atoms with E-state index in [9.17, 15) is 9.59 Å². The van der Waals surface area contributed by atoms with E-state index in [1.54, 1.807) is 18.2 Å². The Morgan fingerprint density at radius 1 is 1.42 bits per heavy atom. The Hall–Kier alpha value is -1.88. The van der Waals surface area contributed by atoms with E-state index < -0.39 is 5.97 Å². The highest BCUT2D eigenvalue weighted by molar-refractivity contribution is 5.87. The predicted octanol–water partition coefficient (Wildman–Crippen LogP) is 1.43. The minimum absolute atomic E-state index is 0.0174. The molecule has 102 valence electrons. The molecule has 0 unspecified atom stereocenters. The Balaban J connectivity index is 1.82. The summed E-state index contributed by atoms with van der Waals surface area (Å²) in [6, 6.07) is 6.58. The molecule has 1 aromatic rings. The second kappa shape index (κ2) is 6.33. The first-order chi connectivity index (χ1) is 9.15. The van der Waals surface area contributed by atoms with Crippen LogP contribution < -0.4 is 5.32 Å². The molecule has 0 spiro atoms. The van der Waals surface area contributed by atoms with E-state index in [1.165, 1.54) is 6.07 Å². The average molecular weight is 263 g/mol. The van der Waals surface area contributed by atoms with Crippen LogP contribution in [0.5, 0.6) is 0 Å². The van der Waals surface area contributed by atoms with Crippen LogP contribution >= 0.6 is 0 Å². The summed E-state index contributed by atoms with van der Waals surface area (Å²) in [4.78, 5) is 22.5. The molecule has 1 amide bonds. The molecule has 19 heavy (non-hydrogen) atoms. The van der Waals surface area contributed by atoms with E-state index >= 15 is 0 Å². The molecule has 0 aromatic heterocycles. The fraction of sp³-hybridized carbons (Fsp3) is 0.429. The summed E-state index contributed by atoms with van der Waals surface area (Å²) in [5.41, 5.74) is 1.02. The first-order valence-corrected chi connectivity index (χ1v) is 6.32. The molecular formula is C14H17NO4. The number of amides is 1. The zero-order chi connectivity index (χ0) is 13.7. The molecule has 2 N–H and O–H groups in total. The third-order valence-corrected chi connectivity index (χ3v) is 3.16. The van der Waals surface area contributed by atoms with Gasteiger partial charge in [0.1, 0.15) is 0 Å². The highest BCUT2D eigenvalue weighted by atomic mass is 16.5. The lowest BCUT2D eigenvalue weighted by Gasteiger charge is -2.09. The third kappa shape index (κ3) is 4.06. The molecule has 2 rings (SSSR count). The van der Waals surface area contributed by atoms with Crippen molar-refractivity contribution < 1.29 is 19.4 Å². The monoisotopic (exact) mass is 263 g/mol. The quantitative estimate of drug-likeness (QED) is 0.842. The fourth-order valence-electron chi connectivity index (χ4n) is 2.09. The van der Waals surface area contributed by atoms with Crippen LogP contribution in [0.4, 0.5) is 0 Å². The molecule has 0 aliphatic carbocycles. The van der Waals surface area contributed by atoms with E-state index in [0.717, 1.165) is 18.6 Å². The highest BCUT2D eigenvalue weighted by Crippen LogP contribution is 2.16. The number of ether oxygens (including phenoxy) is 1. The van der Waals surface area contributed by atoms with E-state index in [4.69, 9.17) is 9.84 Å². The first-order valence-electron chi connectivity index (χ1n) is 6.32. The molecule has 0 radical (unpaired) electrons. The van der Waals surface area contributed by atoms with Gasteiger partial charge in [0.15, 0.2) is 0 Å². The van der Waals surface area contributed by atoms with Crippen molar-refractivity contribution in [1.82, 2.24) is 5.32 Å². The predicted molar refractivity (Wildman–Crippen MR) is 68.8 cm³/mol. The van der Waals surface area contributed by atoms with Crippen LogP contribution in [0.1, 0.15) is 28.8 Å². The average Bonchev–Trinajstić information content (AvgIpc) is 2.89. The van der Waals surface area contributed by atoms with Gasteiger partial charge in [0.2, 0.25) is 5.91 Å². The van der Waals surface area contributed by atoms with Gasteiger partial charge in [-0.25, -0.2) is 4.79 Å². The second-order valence-electron chi connectivity index (χ2n) is 4.72. The summed E-state index contributed by atoms with van der Waals surface area (Å²) in [5, 5.41) is 11.7. The lowest BCUT2D eigenvalue weighted by atomic mass is 10.0. The molecule has 1 aliphatic heterocycles. The van der Waals surface area contributed by atoms with Crippen molar-refractivity contribution in [3.63, 3.8) is 0 Å². The molecule has 0 bridgehead atoms. The number of hydrogen-bond donors (Lipinski definition) is 2. The van der Waals surface area contributed by atoms with E-state index in [-0.39, 0.29) is 11.5 Å². The normalized spacial score (nSPS) is 18.2. The fourth-order valence-corrected chi connectivity index (χ4v) is 2.09. The second-order valence-corrected chi connectivity index (χ2v) is 4.72. The van der Waals surface area contributed by atoms with E-state index in [0.29, 0.717) is 25.5 Å². The smallest absolute Gasteiger partial charge is 0.335 e. The molecule has 1 fully saturated rings. The Kier molecular flexibility index (Phi) is 4.52. The van der Waals surface area contributed by atoms with Crippen molar-refractivity contribution in [3.8, 4) is 0 Å². The molecule has 1 aromatic carbocycles. The number of carboxylic acids is 1. The number of hydrogen-bond acceptors (Lipinski definition) is 3. The van der Waals surface area contributed by atoms with Gasteiger partial charge in [-0.05, 0) is 30.0 Å². The summed E-state index contributed by atoms with van der Waals surface area (Å²) in [7, 11) is 0. The number of rotatable bonds is 5. The summed E-state index contributed by atoms with van der Waals surface area (Å²) >= 11 is 0. The van der Waals surface area contributed by atoms with Crippen molar-refractivity contribution >= 4 is 11.9 Å². The summed E-state index contributed by atoms with van der Waals surface area (Å²) < 4.78 is 5.22. The van der Waals surface area contributed by atoms with Gasteiger partial charge in [-0.3, -0.25) is 4.79 Å². The van der Waals surface area contributed by atoms with Gasteiger partial charge in [0, 0.05) is 26.2 Å². The van der Waals surface area contributed by atoms with Crippen LogP contribution in [0.3, 0.4) is 0 Å². The van der Waals surface area contributed by atoms with Crippen molar-refractivity contribution in [2.45, 2.75) is 19.4 Å².